The Bertz CT molecular complexity index is 782. The molecule has 1 aliphatic rings. The molecular formula is C19H28N6O2. The fourth-order valence-corrected chi connectivity index (χ4v) is 3.12. The average Bonchev–Trinajstić information content (AvgIpc) is 3.17. The standard InChI is InChI=1S/C19H28N6O2/c1-5-13-10-16(27-23-13)19(26)25(4)12-14-11-17(24(2)3)22-18(21-14)15-8-6-7-9-20-15/h10-11,15,20H,5-9,12H2,1-4H3/t15-/m1/s1. The molecular weight excluding hydrogens is 344 g/mol. The van der Waals surface area contributed by atoms with Crippen LogP contribution in [-0.4, -0.2) is 53.6 Å². The van der Waals surface area contributed by atoms with Crippen molar-refractivity contribution in [2.24, 2.45) is 0 Å². The first-order valence-electron chi connectivity index (χ1n) is 9.47. The van der Waals surface area contributed by atoms with E-state index in [1.54, 1.807) is 18.0 Å². The van der Waals surface area contributed by atoms with Crippen LogP contribution in [0.4, 0.5) is 5.82 Å². The van der Waals surface area contributed by atoms with Gasteiger partial charge in [-0.3, -0.25) is 4.79 Å². The Morgan fingerprint density at radius 2 is 2.04 bits per heavy atom. The molecule has 0 saturated carbocycles. The number of rotatable bonds is 6. The highest BCUT2D eigenvalue weighted by molar-refractivity contribution is 5.91. The number of hydrogen-bond acceptors (Lipinski definition) is 7. The smallest absolute Gasteiger partial charge is 0.292 e. The molecule has 0 bridgehead atoms. The van der Waals surface area contributed by atoms with E-state index in [0.717, 1.165) is 42.4 Å². The fraction of sp³-hybridized carbons (Fsp3) is 0.579. The molecule has 3 rings (SSSR count). The van der Waals surface area contributed by atoms with Gasteiger partial charge in [0.25, 0.3) is 5.91 Å². The van der Waals surface area contributed by atoms with Crippen LogP contribution in [0.1, 0.15) is 60.0 Å². The molecule has 0 aromatic carbocycles. The van der Waals surface area contributed by atoms with Crippen LogP contribution in [0.3, 0.4) is 0 Å². The van der Waals surface area contributed by atoms with E-state index in [-0.39, 0.29) is 17.7 Å². The summed E-state index contributed by atoms with van der Waals surface area (Å²) in [6.45, 7) is 3.34. The number of piperidine rings is 1. The average molecular weight is 372 g/mol. The molecule has 146 valence electrons. The summed E-state index contributed by atoms with van der Waals surface area (Å²) in [5.74, 6) is 1.69. The predicted molar refractivity (Wildman–Crippen MR) is 103 cm³/mol. The van der Waals surface area contributed by atoms with Gasteiger partial charge in [-0.25, -0.2) is 9.97 Å². The van der Waals surface area contributed by atoms with E-state index in [2.05, 4.69) is 10.5 Å². The number of amides is 1. The number of hydrogen-bond donors (Lipinski definition) is 1. The van der Waals surface area contributed by atoms with Crippen molar-refractivity contribution in [3.8, 4) is 0 Å². The third-order valence-electron chi connectivity index (χ3n) is 4.74. The third-order valence-corrected chi connectivity index (χ3v) is 4.74. The maximum Gasteiger partial charge on any atom is 0.292 e. The quantitative estimate of drug-likeness (QED) is 0.831. The van der Waals surface area contributed by atoms with E-state index in [9.17, 15) is 4.79 Å². The van der Waals surface area contributed by atoms with Gasteiger partial charge in [0.15, 0.2) is 0 Å². The Morgan fingerprint density at radius 3 is 2.67 bits per heavy atom. The van der Waals surface area contributed by atoms with Crippen molar-refractivity contribution in [1.29, 1.82) is 0 Å². The molecule has 1 aliphatic heterocycles. The van der Waals surface area contributed by atoms with Gasteiger partial charge in [0.2, 0.25) is 5.76 Å². The van der Waals surface area contributed by atoms with Gasteiger partial charge >= 0.3 is 0 Å². The van der Waals surface area contributed by atoms with Crippen LogP contribution in [0, 0.1) is 0 Å². The van der Waals surface area contributed by atoms with Crippen molar-refractivity contribution in [2.75, 3.05) is 32.6 Å². The van der Waals surface area contributed by atoms with E-state index < -0.39 is 0 Å². The molecule has 0 spiro atoms. The van der Waals surface area contributed by atoms with E-state index in [4.69, 9.17) is 14.5 Å². The van der Waals surface area contributed by atoms with Crippen LogP contribution in [0.2, 0.25) is 0 Å². The first kappa shape index (κ1) is 19.3. The predicted octanol–water partition coefficient (Wildman–Crippen LogP) is 2.18. The van der Waals surface area contributed by atoms with E-state index in [1.165, 1.54) is 12.8 Å². The molecule has 1 amide bonds. The van der Waals surface area contributed by atoms with Gasteiger partial charge in [0, 0.05) is 33.3 Å². The van der Waals surface area contributed by atoms with E-state index in [0.29, 0.717) is 6.54 Å². The first-order chi connectivity index (χ1) is 13.0. The molecule has 2 aromatic heterocycles. The lowest BCUT2D eigenvalue weighted by Gasteiger charge is -2.24. The van der Waals surface area contributed by atoms with Crippen LogP contribution in [-0.2, 0) is 13.0 Å². The second kappa shape index (κ2) is 8.47. The molecule has 1 saturated heterocycles. The summed E-state index contributed by atoms with van der Waals surface area (Å²) in [7, 11) is 5.66. The zero-order valence-electron chi connectivity index (χ0n) is 16.5. The van der Waals surface area contributed by atoms with Crippen LogP contribution in [0.5, 0.6) is 0 Å². The molecule has 0 radical (unpaired) electrons. The maximum atomic E-state index is 12.6. The van der Waals surface area contributed by atoms with Crippen molar-refractivity contribution in [2.45, 2.75) is 45.2 Å². The topological polar surface area (TPSA) is 87.4 Å². The number of anilines is 1. The van der Waals surface area contributed by atoms with E-state index >= 15 is 0 Å². The summed E-state index contributed by atoms with van der Waals surface area (Å²) >= 11 is 0. The zero-order chi connectivity index (χ0) is 19.4. The normalized spacial score (nSPS) is 17.0. The lowest BCUT2D eigenvalue weighted by Crippen LogP contribution is -2.30. The maximum absolute atomic E-state index is 12.6. The van der Waals surface area contributed by atoms with Crippen molar-refractivity contribution in [3.05, 3.63) is 35.1 Å². The molecule has 1 N–H and O–H groups in total. The van der Waals surface area contributed by atoms with Gasteiger partial charge in [-0.15, -0.1) is 0 Å². The number of aromatic nitrogens is 3. The molecule has 3 heterocycles. The Hall–Kier alpha value is -2.48. The largest absolute Gasteiger partial charge is 0.363 e. The van der Waals surface area contributed by atoms with Gasteiger partial charge in [-0.05, 0) is 25.8 Å². The minimum Gasteiger partial charge on any atom is -0.363 e. The summed E-state index contributed by atoms with van der Waals surface area (Å²) < 4.78 is 5.16. The van der Waals surface area contributed by atoms with Crippen LogP contribution in [0.15, 0.2) is 16.7 Å². The van der Waals surface area contributed by atoms with Gasteiger partial charge < -0.3 is 19.6 Å². The number of aryl methyl sites for hydroxylation is 1. The highest BCUT2D eigenvalue weighted by atomic mass is 16.5. The van der Waals surface area contributed by atoms with Crippen LogP contribution >= 0.6 is 0 Å². The summed E-state index contributed by atoms with van der Waals surface area (Å²) in [6.07, 6.45) is 4.12. The molecule has 2 aromatic rings. The van der Waals surface area contributed by atoms with Crippen LogP contribution < -0.4 is 10.2 Å². The Labute approximate surface area is 159 Å². The monoisotopic (exact) mass is 372 g/mol. The van der Waals surface area contributed by atoms with Gasteiger partial charge in [-0.2, -0.15) is 0 Å². The van der Waals surface area contributed by atoms with Crippen LogP contribution in [0.25, 0.3) is 0 Å². The van der Waals surface area contributed by atoms with E-state index in [1.807, 2.05) is 32.0 Å². The molecule has 8 heteroatoms. The molecule has 0 aliphatic carbocycles. The minimum atomic E-state index is -0.204. The summed E-state index contributed by atoms with van der Waals surface area (Å²) in [6, 6.07) is 3.79. The second-order valence-electron chi connectivity index (χ2n) is 7.17. The Morgan fingerprint density at radius 1 is 1.22 bits per heavy atom. The number of carbonyl (C=O) groups is 1. The SMILES string of the molecule is CCc1cc(C(=O)N(C)Cc2cc(N(C)C)nc([C@H]3CCCCN3)n2)on1. The lowest BCUT2D eigenvalue weighted by atomic mass is 10.0. The molecule has 1 fully saturated rings. The van der Waals surface area contributed by atoms with Gasteiger partial charge in [0.05, 0.1) is 24.0 Å². The molecule has 27 heavy (non-hydrogen) atoms. The summed E-state index contributed by atoms with van der Waals surface area (Å²) in [5, 5.41) is 7.39. The Kier molecular flexibility index (Phi) is 6.05. The zero-order valence-corrected chi connectivity index (χ0v) is 16.5. The minimum absolute atomic E-state index is 0.166. The lowest BCUT2D eigenvalue weighted by molar-refractivity contribution is 0.0741. The van der Waals surface area contributed by atoms with Gasteiger partial charge in [-0.1, -0.05) is 18.5 Å². The number of carbonyl (C=O) groups excluding carboxylic acids is 1. The fourth-order valence-electron chi connectivity index (χ4n) is 3.12. The first-order valence-corrected chi connectivity index (χ1v) is 9.47. The highest BCUT2D eigenvalue weighted by Gasteiger charge is 2.22. The second-order valence-corrected chi connectivity index (χ2v) is 7.17. The number of nitrogens with one attached hydrogen (secondary N) is 1. The van der Waals surface area contributed by atoms with Crippen molar-refractivity contribution >= 4 is 11.7 Å². The molecule has 0 unspecified atom stereocenters. The third kappa shape index (κ3) is 4.63. The highest BCUT2D eigenvalue weighted by Crippen LogP contribution is 2.23. The molecule has 1 atom stereocenters. The summed E-state index contributed by atoms with van der Waals surface area (Å²) in [5.41, 5.74) is 1.58. The Balaban J connectivity index is 1.79. The summed E-state index contributed by atoms with van der Waals surface area (Å²) in [4.78, 5) is 25.6. The van der Waals surface area contributed by atoms with Crippen molar-refractivity contribution < 1.29 is 9.32 Å². The molecule has 8 nitrogen and oxygen atoms in total. The van der Waals surface area contributed by atoms with Crippen molar-refractivity contribution in [1.82, 2.24) is 25.3 Å². The van der Waals surface area contributed by atoms with Gasteiger partial charge in [0.1, 0.15) is 11.6 Å². The number of nitrogens with zero attached hydrogens (tertiary/aromatic N) is 5. The van der Waals surface area contributed by atoms with Crippen molar-refractivity contribution in [3.63, 3.8) is 0 Å².